The SMILES string of the molecule is CCCCCCCCCC/C=C\CCCCCCCCC(O)C(=O)NC(COC1OC(CO)C(O)C(O)C1O)C(O)C(O)CCCCCCCCCCCCCCCCCCCCCCC. The van der Waals surface area contributed by atoms with Gasteiger partial charge in [0.25, 0.3) is 0 Å². The number of unbranched alkanes of at least 4 members (excludes halogenated alkanes) is 34. The van der Waals surface area contributed by atoms with Gasteiger partial charge in [-0.1, -0.05) is 238 Å². The minimum atomic E-state index is -1.66. The van der Waals surface area contributed by atoms with Crippen molar-refractivity contribution < 1.29 is 50.0 Å². The summed E-state index contributed by atoms with van der Waals surface area (Å²) in [6.45, 7) is 3.48. The second-order valence-electron chi connectivity index (χ2n) is 20.0. The summed E-state index contributed by atoms with van der Waals surface area (Å²) >= 11 is 0. The summed E-state index contributed by atoms with van der Waals surface area (Å²) in [5, 5.41) is 76.1. The van der Waals surface area contributed by atoms with Gasteiger partial charge in [-0.05, 0) is 38.5 Å². The maximum atomic E-state index is 13.2. The predicted octanol–water partition coefficient (Wildman–Crippen LogP) is 11.2. The molecule has 0 aromatic heterocycles. The third-order valence-corrected chi connectivity index (χ3v) is 13.8. The van der Waals surface area contributed by atoms with Crippen molar-refractivity contribution in [2.45, 2.75) is 319 Å². The van der Waals surface area contributed by atoms with E-state index in [-0.39, 0.29) is 6.42 Å². The smallest absolute Gasteiger partial charge is 0.249 e. The van der Waals surface area contributed by atoms with Gasteiger partial charge in [-0.3, -0.25) is 4.79 Å². The van der Waals surface area contributed by atoms with Crippen LogP contribution < -0.4 is 5.32 Å². The quantitative estimate of drug-likeness (QED) is 0.0215. The number of carbonyl (C=O) groups excluding carboxylic acids is 1. The molecule has 8 N–H and O–H groups in total. The minimum absolute atomic E-state index is 0.256. The van der Waals surface area contributed by atoms with E-state index in [4.69, 9.17) is 9.47 Å². The molecule has 0 bridgehead atoms. The molecule has 9 unspecified atom stereocenters. The summed E-state index contributed by atoms with van der Waals surface area (Å²) in [5.41, 5.74) is 0. The van der Waals surface area contributed by atoms with E-state index < -0.39 is 74.2 Å². The van der Waals surface area contributed by atoms with Gasteiger partial charge in [0.05, 0.1) is 25.4 Å². The van der Waals surface area contributed by atoms with Crippen LogP contribution in [0, 0.1) is 0 Å². The third kappa shape index (κ3) is 33.4. The lowest BCUT2D eigenvalue weighted by Gasteiger charge is -2.40. The van der Waals surface area contributed by atoms with E-state index in [1.807, 2.05) is 0 Å². The molecular weight excluding hydrogens is 835 g/mol. The van der Waals surface area contributed by atoms with Gasteiger partial charge in [-0.25, -0.2) is 0 Å². The Morgan fingerprint density at radius 2 is 0.879 bits per heavy atom. The van der Waals surface area contributed by atoms with Crippen molar-refractivity contribution >= 4 is 5.91 Å². The molecule has 0 aromatic rings. The number of aliphatic hydroxyl groups excluding tert-OH is 7. The van der Waals surface area contributed by atoms with Crippen molar-refractivity contribution in [3.05, 3.63) is 12.2 Å². The summed E-state index contributed by atoms with van der Waals surface area (Å²) in [6.07, 6.45) is 39.7. The van der Waals surface area contributed by atoms with Crippen LogP contribution in [0.25, 0.3) is 0 Å². The summed E-state index contributed by atoms with van der Waals surface area (Å²) in [7, 11) is 0. The van der Waals surface area contributed by atoms with Gasteiger partial charge in [0.2, 0.25) is 5.91 Å². The molecule has 1 aliphatic heterocycles. The molecule has 1 saturated heterocycles. The van der Waals surface area contributed by atoms with E-state index in [0.29, 0.717) is 19.3 Å². The molecule has 9 atom stereocenters. The van der Waals surface area contributed by atoms with Crippen molar-refractivity contribution in [1.82, 2.24) is 5.32 Å². The van der Waals surface area contributed by atoms with Crippen LogP contribution in [0.15, 0.2) is 12.2 Å². The standard InChI is InChI=1S/C55H107NO10/c1-3-5-7-9-11-13-15-17-19-21-23-24-25-27-28-30-32-34-36-38-40-42-47(58)50(60)46(45-65-55-53(63)52(62)51(61)49(44-57)66-55)56-54(64)48(59)43-41-39-37-35-33-31-29-26-22-20-18-16-14-12-10-8-6-4-2/h22,26,46-53,55,57-63H,3-21,23-25,27-45H2,1-2H3,(H,56,64)/b26-22-. The predicted molar refractivity (Wildman–Crippen MR) is 270 cm³/mol. The first-order valence-corrected chi connectivity index (χ1v) is 28.1. The number of rotatable bonds is 48. The first-order chi connectivity index (χ1) is 32.2. The fourth-order valence-electron chi connectivity index (χ4n) is 9.20. The Kier molecular flexibility index (Phi) is 42.9. The number of aliphatic hydroxyl groups is 7. The van der Waals surface area contributed by atoms with Gasteiger partial charge in [0.15, 0.2) is 6.29 Å². The molecule has 1 fully saturated rings. The highest BCUT2D eigenvalue weighted by Crippen LogP contribution is 2.23. The van der Waals surface area contributed by atoms with Crippen molar-refractivity contribution in [3.63, 3.8) is 0 Å². The van der Waals surface area contributed by atoms with Crippen LogP contribution in [-0.2, 0) is 14.3 Å². The summed E-state index contributed by atoms with van der Waals surface area (Å²) in [5.74, 6) is -0.698. The number of hydrogen-bond acceptors (Lipinski definition) is 10. The van der Waals surface area contributed by atoms with Crippen molar-refractivity contribution in [2.75, 3.05) is 13.2 Å². The molecule has 392 valence electrons. The molecule has 0 aromatic carbocycles. The Bertz CT molecular complexity index is 1080. The number of hydrogen-bond donors (Lipinski definition) is 8. The van der Waals surface area contributed by atoms with Crippen molar-refractivity contribution in [1.29, 1.82) is 0 Å². The largest absolute Gasteiger partial charge is 0.394 e. The highest BCUT2D eigenvalue weighted by molar-refractivity contribution is 5.80. The van der Waals surface area contributed by atoms with Gasteiger partial charge in [-0.2, -0.15) is 0 Å². The molecule has 1 rings (SSSR count). The van der Waals surface area contributed by atoms with E-state index in [1.54, 1.807) is 0 Å². The number of carbonyl (C=O) groups is 1. The zero-order valence-corrected chi connectivity index (χ0v) is 42.7. The van der Waals surface area contributed by atoms with Crippen LogP contribution in [0.2, 0.25) is 0 Å². The van der Waals surface area contributed by atoms with Gasteiger partial charge >= 0.3 is 0 Å². The zero-order chi connectivity index (χ0) is 48.3. The van der Waals surface area contributed by atoms with E-state index in [1.165, 1.54) is 173 Å². The molecule has 1 heterocycles. The highest BCUT2D eigenvalue weighted by atomic mass is 16.7. The molecule has 1 amide bonds. The van der Waals surface area contributed by atoms with E-state index >= 15 is 0 Å². The summed E-state index contributed by atoms with van der Waals surface area (Å²) in [4.78, 5) is 13.2. The molecule has 66 heavy (non-hydrogen) atoms. The van der Waals surface area contributed by atoms with E-state index in [9.17, 15) is 40.5 Å². The Hall–Kier alpha value is -1.15. The lowest BCUT2D eigenvalue weighted by molar-refractivity contribution is -0.303. The molecule has 0 radical (unpaired) electrons. The van der Waals surface area contributed by atoms with Crippen LogP contribution in [0.4, 0.5) is 0 Å². The first-order valence-electron chi connectivity index (χ1n) is 28.1. The lowest BCUT2D eigenvalue weighted by atomic mass is 9.98. The minimum Gasteiger partial charge on any atom is -0.394 e. The van der Waals surface area contributed by atoms with E-state index in [2.05, 4.69) is 31.3 Å². The summed E-state index contributed by atoms with van der Waals surface area (Å²) < 4.78 is 11.1. The average Bonchev–Trinajstić information content (AvgIpc) is 3.32. The first kappa shape index (κ1) is 62.9. The topological polar surface area (TPSA) is 189 Å². The van der Waals surface area contributed by atoms with Crippen LogP contribution in [0.1, 0.15) is 264 Å². The van der Waals surface area contributed by atoms with Crippen molar-refractivity contribution in [2.24, 2.45) is 0 Å². The molecule has 1 aliphatic rings. The molecule has 0 spiro atoms. The Morgan fingerprint density at radius 3 is 1.27 bits per heavy atom. The normalized spacial score (nSPS) is 20.8. The number of nitrogens with one attached hydrogen (secondary N) is 1. The maximum absolute atomic E-state index is 13.2. The van der Waals surface area contributed by atoms with Gasteiger partial charge in [-0.15, -0.1) is 0 Å². The maximum Gasteiger partial charge on any atom is 0.249 e. The Morgan fingerprint density at radius 1 is 0.515 bits per heavy atom. The zero-order valence-electron chi connectivity index (χ0n) is 42.7. The van der Waals surface area contributed by atoms with Gasteiger partial charge in [0.1, 0.15) is 36.6 Å². The second-order valence-corrected chi connectivity index (χ2v) is 20.0. The molecular formula is C55H107NO10. The van der Waals surface area contributed by atoms with Crippen LogP contribution in [0.3, 0.4) is 0 Å². The number of ether oxygens (including phenoxy) is 2. The van der Waals surface area contributed by atoms with E-state index in [0.717, 1.165) is 51.4 Å². The number of amides is 1. The lowest BCUT2D eigenvalue weighted by Crippen LogP contribution is -2.60. The second kappa shape index (κ2) is 45.0. The fourth-order valence-corrected chi connectivity index (χ4v) is 9.20. The number of allylic oxidation sites excluding steroid dienone is 2. The highest BCUT2D eigenvalue weighted by Gasteiger charge is 2.44. The van der Waals surface area contributed by atoms with Gasteiger partial charge < -0.3 is 50.5 Å². The Balaban J connectivity index is 2.34. The fraction of sp³-hybridized carbons (Fsp3) is 0.945. The molecule has 0 aliphatic carbocycles. The summed E-state index contributed by atoms with van der Waals surface area (Å²) in [6, 6.07) is -1.17. The molecule has 11 heteroatoms. The Labute approximate surface area is 404 Å². The third-order valence-electron chi connectivity index (χ3n) is 13.8. The monoisotopic (exact) mass is 942 g/mol. The van der Waals surface area contributed by atoms with Crippen molar-refractivity contribution in [3.8, 4) is 0 Å². The molecule has 0 saturated carbocycles. The van der Waals surface area contributed by atoms with Crippen LogP contribution in [0.5, 0.6) is 0 Å². The van der Waals surface area contributed by atoms with Crippen LogP contribution in [-0.4, -0.2) is 110 Å². The van der Waals surface area contributed by atoms with Crippen LogP contribution >= 0.6 is 0 Å². The molecule has 11 nitrogen and oxygen atoms in total. The van der Waals surface area contributed by atoms with Gasteiger partial charge in [0, 0.05) is 0 Å². The average molecular weight is 942 g/mol.